The molecule has 1 aliphatic rings. The Bertz CT molecular complexity index is 882. The van der Waals surface area contributed by atoms with Crippen LogP contribution in [-0.2, 0) is 21.4 Å². The standard InChI is InChI=1S/C19H22N2O4S/c1-15-9-10-17(13-18(15)21-11-5-6-12-26(21,23)24)20-19(22)25-14-16-7-3-2-4-8-16/h2-4,7-10,13H,5-6,11-12,14H2,1H3,(H,20,22). The summed E-state index contributed by atoms with van der Waals surface area (Å²) in [6, 6.07) is 14.6. The van der Waals surface area contributed by atoms with Crippen LogP contribution in [0.1, 0.15) is 24.0 Å². The van der Waals surface area contributed by atoms with Crippen LogP contribution in [0.25, 0.3) is 0 Å². The zero-order valence-corrected chi connectivity index (χ0v) is 15.5. The average molecular weight is 374 g/mol. The average Bonchev–Trinajstić information content (AvgIpc) is 2.62. The van der Waals surface area contributed by atoms with Crippen LogP contribution in [0.4, 0.5) is 16.2 Å². The molecule has 3 rings (SSSR count). The van der Waals surface area contributed by atoms with Crippen LogP contribution in [0.5, 0.6) is 0 Å². The maximum atomic E-state index is 12.3. The van der Waals surface area contributed by atoms with Gasteiger partial charge in [-0.3, -0.25) is 9.62 Å². The molecule has 0 atom stereocenters. The fraction of sp³-hybridized carbons (Fsp3) is 0.316. The molecule has 0 spiro atoms. The molecule has 1 N–H and O–H groups in total. The summed E-state index contributed by atoms with van der Waals surface area (Å²) in [5.74, 6) is 0.156. The number of carbonyl (C=O) groups excluding carboxylic acids is 1. The molecular weight excluding hydrogens is 352 g/mol. The SMILES string of the molecule is Cc1ccc(NC(=O)OCc2ccccc2)cc1N1CCCCS1(=O)=O. The minimum absolute atomic E-state index is 0.156. The third-order valence-electron chi connectivity index (χ3n) is 4.29. The second kappa shape index (κ2) is 7.78. The first-order valence-corrected chi connectivity index (χ1v) is 10.2. The topological polar surface area (TPSA) is 75.7 Å². The Kier molecular flexibility index (Phi) is 5.46. The fourth-order valence-electron chi connectivity index (χ4n) is 2.89. The lowest BCUT2D eigenvalue weighted by molar-refractivity contribution is 0.155. The number of hydrogen-bond acceptors (Lipinski definition) is 4. The molecule has 0 radical (unpaired) electrons. The molecule has 0 unspecified atom stereocenters. The van der Waals surface area contributed by atoms with Gasteiger partial charge in [0.1, 0.15) is 6.61 Å². The van der Waals surface area contributed by atoms with Crippen LogP contribution in [-0.4, -0.2) is 26.8 Å². The monoisotopic (exact) mass is 374 g/mol. The van der Waals surface area contributed by atoms with Gasteiger partial charge in [0.2, 0.25) is 10.0 Å². The number of rotatable bonds is 4. The van der Waals surface area contributed by atoms with Crippen molar-refractivity contribution < 1.29 is 17.9 Å². The molecule has 1 aliphatic heterocycles. The zero-order chi connectivity index (χ0) is 18.6. The van der Waals surface area contributed by atoms with Gasteiger partial charge in [-0.05, 0) is 43.0 Å². The van der Waals surface area contributed by atoms with Crippen molar-refractivity contribution >= 4 is 27.5 Å². The van der Waals surface area contributed by atoms with Gasteiger partial charge in [0.25, 0.3) is 0 Å². The van der Waals surface area contributed by atoms with Crippen LogP contribution in [0.2, 0.25) is 0 Å². The Hall–Kier alpha value is -2.54. The molecular formula is C19H22N2O4S. The number of carbonyl (C=O) groups is 1. The summed E-state index contributed by atoms with van der Waals surface area (Å²) in [5.41, 5.74) is 2.85. The lowest BCUT2D eigenvalue weighted by atomic mass is 10.1. The quantitative estimate of drug-likeness (QED) is 0.886. The Labute approximate surface area is 153 Å². The molecule has 0 aromatic heterocycles. The maximum absolute atomic E-state index is 12.3. The third-order valence-corrected chi connectivity index (χ3v) is 6.14. The summed E-state index contributed by atoms with van der Waals surface area (Å²) >= 11 is 0. The molecule has 2 aromatic carbocycles. The highest BCUT2D eigenvalue weighted by Crippen LogP contribution is 2.29. The Morgan fingerprint density at radius 2 is 1.92 bits per heavy atom. The van der Waals surface area contributed by atoms with Crippen molar-refractivity contribution in [3.05, 3.63) is 59.7 Å². The molecule has 1 saturated heterocycles. The van der Waals surface area contributed by atoms with Crippen molar-refractivity contribution in [3.8, 4) is 0 Å². The molecule has 0 saturated carbocycles. The Morgan fingerprint density at radius 1 is 1.15 bits per heavy atom. The van der Waals surface area contributed by atoms with Gasteiger partial charge < -0.3 is 4.74 Å². The smallest absolute Gasteiger partial charge is 0.411 e. The van der Waals surface area contributed by atoms with E-state index in [-0.39, 0.29) is 12.4 Å². The number of benzene rings is 2. The molecule has 6 nitrogen and oxygen atoms in total. The van der Waals surface area contributed by atoms with Gasteiger partial charge in [-0.2, -0.15) is 0 Å². The highest BCUT2D eigenvalue weighted by Gasteiger charge is 2.27. The number of anilines is 2. The molecule has 2 aromatic rings. The third kappa shape index (κ3) is 4.35. The number of aryl methyl sites for hydroxylation is 1. The van der Waals surface area contributed by atoms with E-state index in [0.29, 0.717) is 24.3 Å². The van der Waals surface area contributed by atoms with E-state index < -0.39 is 16.1 Å². The number of nitrogens with one attached hydrogen (secondary N) is 1. The minimum atomic E-state index is -3.30. The predicted octanol–water partition coefficient (Wildman–Crippen LogP) is 3.67. The minimum Gasteiger partial charge on any atom is -0.444 e. The van der Waals surface area contributed by atoms with Gasteiger partial charge in [-0.1, -0.05) is 36.4 Å². The first kappa shape index (κ1) is 18.3. The molecule has 1 amide bonds. The molecule has 138 valence electrons. The van der Waals surface area contributed by atoms with Crippen molar-refractivity contribution in [2.24, 2.45) is 0 Å². The van der Waals surface area contributed by atoms with E-state index in [1.807, 2.05) is 37.3 Å². The predicted molar refractivity (Wildman–Crippen MR) is 102 cm³/mol. The maximum Gasteiger partial charge on any atom is 0.411 e. The first-order valence-electron chi connectivity index (χ1n) is 8.54. The summed E-state index contributed by atoms with van der Waals surface area (Å²) in [4.78, 5) is 12.0. The summed E-state index contributed by atoms with van der Waals surface area (Å²) in [6.45, 7) is 2.49. The van der Waals surface area contributed by atoms with E-state index in [1.165, 1.54) is 4.31 Å². The summed E-state index contributed by atoms with van der Waals surface area (Å²) in [7, 11) is -3.30. The van der Waals surface area contributed by atoms with E-state index in [1.54, 1.807) is 18.2 Å². The molecule has 0 aliphatic carbocycles. The zero-order valence-electron chi connectivity index (χ0n) is 14.6. The van der Waals surface area contributed by atoms with E-state index >= 15 is 0 Å². The molecule has 0 bridgehead atoms. The van der Waals surface area contributed by atoms with E-state index in [4.69, 9.17) is 4.74 Å². The highest BCUT2D eigenvalue weighted by molar-refractivity contribution is 7.92. The van der Waals surface area contributed by atoms with Crippen LogP contribution in [0.3, 0.4) is 0 Å². The molecule has 1 fully saturated rings. The summed E-state index contributed by atoms with van der Waals surface area (Å²) in [6.07, 6.45) is 0.932. The van der Waals surface area contributed by atoms with Crippen molar-refractivity contribution in [1.29, 1.82) is 0 Å². The lowest BCUT2D eigenvalue weighted by Crippen LogP contribution is -2.38. The van der Waals surface area contributed by atoms with E-state index in [2.05, 4.69) is 5.32 Å². The van der Waals surface area contributed by atoms with Crippen LogP contribution < -0.4 is 9.62 Å². The number of sulfonamides is 1. The van der Waals surface area contributed by atoms with Gasteiger partial charge in [0.15, 0.2) is 0 Å². The lowest BCUT2D eigenvalue weighted by Gasteiger charge is -2.29. The fourth-order valence-corrected chi connectivity index (χ4v) is 4.59. The second-order valence-electron chi connectivity index (χ2n) is 6.28. The first-order chi connectivity index (χ1) is 12.5. The highest BCUT2D eigenvalue weighted by atomic mass is 32.2. The normalized spacial score (nSPS) is 16.1. The van der Waals surface area contributed by atoms with Gasteiger partial charge in [0, 0.05) is 12.2 Å². The summed E-state index contributed by atoms with van der Waals surface area (Å²) in [5, 5.41) is 2.66. The van der Waals surface area contributed by atoms with Crippen LogP contribution in [0, 0.1) is 6.92 Å². The Morgan fingerprint density at radius 3 is 2.65 bits per heavy atom. The second-order valence-corrected chi connectivity index (χ2v) is 8.30. The van der Waals surface area contributed by atoms with Crippen LogP contribution >= 0.6 is 0 Å². The van der Waals surface area contributed by atoms with Crippen molar-refractivity contribution in [2.75, 3.05) is 21.9 Å². The van der Waals surface area contributed by atoms with Gasteiger partial charge in [0.05, 0.1) is 11.4 Å². The van der Waals surface area contributed by atoms with Gasteiger partial charge in [-0.25, -0.2) is 13.2 Å². The number of ether oxygens (including phenoxy) is 1. The van der Waals surface area contributed by atoms with Gasteiger partial charge >= 0.3 is 6.09 Å². The van der Waals surface area contributed by atoms with Crippen molar-refractivity contribution in [3.63, 3.8) is 0 Å². The molecule has 7 heteroatoms. The Balaban J connectivity index is 1.70. The van der Waals surface area contributed by atoms with E-state index in [0.717, 1.165) is 17.5 Å². The number of hydrogen-bond donors (Lipinski definition) is 1. The van der Waals surface area contributed by atoms with Crippen LogP contribution in [0.15, 0.2) is 48.5 Å². The molecule has 1 heterocycles. The molecule has 26 heavy (non-hydrogen) atoms. The van der Waals surface area contributed by atoms with Crippen molar-refractivity contribution in [2.45, 2.75) is 26.4 Å². The number of amides is 1. The van der Waals surface area contributed by atoms with Crippen molar-refractivity contribution in [1.82, 2.24) is 0 Å². The van der Waals surface area contributed by atoms with E-state index in [9.17, 15) is 13.2 Å². The van der Waals surface area contributed by atoms with Gasteiger partial charge in [-0.15, -0.1) is 0 Å². The number of nitrogens with zero attached hydrogens (tertiary/aromatic N) is 1. The largest absolute Gasteiger partial charge is 0.444 e. The summed E-state index contributed by atoms with van der Waals surface area (Å²) < 4.78 is 31.3.